The molecule has 14 heavy (non-hydrogen) atoms. The predicted molar refractivity (Wildman–Crippen MR) is 47.2 cm³/mol. The maximum Gasteiger partial charge on any atom is 0.347 e. The fourth-order valence-electron chi connectivity index (χ4n) is 1.24. The number of benzene rings is 1. The molecular formula is C10H6O4. The highest BCUT2D eigenvalue weighted by Crippen LogP contribution is 2.28. The zero-order chi connectivity index (χ0) is 10.1. The van der Waals surface area contributed by atoms with Crippen molar-refractivity contribution in [3.63, 3.8) is 0 Å². The lowest BCUT2D eigenvalue weighted by atomic mass is 10.1. The van der Waals surface area contributed by atoms with Crippen molar-refractivity contribution in [1.82, 2.24) is 0 Å². The molecule has 1 N–H and O–H groups in total. The molecule has 0 aromatic heterocycles. The van der Waals surface area contributed by atoms with Crippen molar-refractivity contribution < 1.29 is 19.4 Å². The van der Waals surface area contributed by atoms with E-state index in [1.54, 1.807) is 18.2 Å². The van der Waals surface area contributed by atoms with E-state index in [1.165, 1.54) is 6.07 Å². The van der Waals surface area contributed by atoms with Gasteiger partial charge in [0.05, 0.1) is 5.57 Å². The number of phenols is 1. The third kappa shape index (κ3) is 1.26. The Bertz CT molecular complexity index is 445. The largest absolute Gasteiger partial charge is 0.507 e. The lowest BCUT2D eigenvalue weighted by Crippen LogP contribution is -2.01. The maximum atomic E-state index is 11.1. The Kier molecular flexibility index (Phi) is 1.81. The minimum atomic E-state index is -0.725. The van der Waals surface area contributed by atoms with Crippen molar-refractivity contribution in [3.05, 3.63) is 35.9 Å². The first-order valence-electron chi connectivity index (χ1n) is 3.94. The Hall–Kier alpha value is -2.10. The van der Waals surface area contributed by atoms with Gasteiger partial charge in [0, 0.05) is 11.6 Å². The molecular weight excluding hydrogens is 184 g/mol. The first kappa shape index (κ1) is 8.50. The van der Waals surface area contributed by atoms with Crippen LogP contribution in [0.15, 0.2) is 30.3 Å². The smallest absolute Gasteiger partial charge is 0.347 e. The van der Waals surface area contributed by atoms with Crippen LogP contribution in [0.5, 0.6) is 5.75 Å². The molecule has 4 heteroatoms. The van der Waals surface area contributed by atoms with E-state index in [9.17, 15) is 14.7 Å². The number of hydrogen-bond donors (Lipinski definition) is 1. The molecule has 1 aliphatic heterocycles. The minimum Gasteiger partial charge on any atom is -0.507 e. The van der Waals surface area contributed by atoms with Crippen molar-refractivity contribution in [1.29, 1.82) is 0 Å². The Labute approximate surface area is 79.4 Å². The third-order valence-electron chi connectivity index (χ3n) is 1.87. The van der Waals surface area contributed by atoms with Crippen LogP contribution in [0.2, 0.25) is 0 Å². The van der Waals surface area contributed by atoms with Gasteiger partial charge in [-0.25, -0.2) is 9.59 Å². The van der Waals surface area contributed by atoms with Gasteiger partial charge in [0.1, 0.15) is 5.75 Å². The topological polar surface area (TPSA) is 63.6 Å². The standard InChI is InChI=1S/C10H6O4/c11-8-4-2-1-3-6(8)7-5-9(12)14-10(7)13/h1-5,11H. The van der Waals surface area contributed by atoms with Crippen molar-refractivity contribution in [2.75, 3.05) is 0 Å². The van der Waals surface area contributed by atoms with Crippen LogP contribution in [0, 0.1) is 0 Å². The molecule has 0 radical (unpaired) electrons. The number of para-hydroxylation sites is 1. The van der Waals surface area contributed by atoms with Gasteiger partial charge in [-0.1, -0.05) is 18.2 Å². The molecule has 1 heterocycles. The van der Waals surface area contributed by atoms with Gasteiger partial charge in [-0.3, -0.25) is 0 Å². The number of rotatable bonds is 1. The number of aromatic hydroxyl groups is 1. The Morgan fingerprint density at radius 2 is 1.86 bits per heavy atom. The highest BCUT2D eigenvalue weighted by atomic mass is 16.6. The van der Waals surface area contributed by atoms with Gasteiger partial charge in [0.25, 0.3) is 0 Å². The molecule has 1 aromatic rings. The molecule has 0 aliphatic carbocycles. The van der Waals surface area contributed by atoms with E-state index in [4.69, 9.17) is 0 Å². The van der Waals surface area contributed by atoms with Crippen molar-refractivity contribution in [3.8, 4) is 5.75 Å². The van der Waals surface area contributed by atoms with Crippen molar-refractivity contribution in [2.45, 2.75) is 0 Å². The van der Waals surface area contributed by atoms with E-state index >= 15 is 0 Å². The molecule has 1 aromatic carbocycles. The van der Waals surface area contributed by atoms with Crippen molar-refractivity contribution in [2.24, 2.45) is 0 Å². The molecule has 0 amide bonds. The lowest BCUT2D eigenvalue weighted by molar-refractivity contribution is -0.149. The molecule has 0 bridgehead atoms. The van der Waals surface area contributed by atoms with E-state index in [-0.39, 0.29) is 11.3 Å². The normalized spacial score (nSPS) is 15.3. The van der Waals surface area contributed by atoms with Gasteiger partial charge < -0.3 is 9.84 Å². The second-order valence-corrected chi connectivity index (χ2v) is 2.78. The summed E-state index contributed by atoms with van der Waals surface area (Å²) in [7, 11) is 0. The monoisotopic (exact) mass is 190 g/mol. The Morgan fingerprint density at radius 3 is 2.43 bits per heavy atom. The van der Waals surface area contributed by atoms with Crippen LogP contribution in [-0.2, 0) is 14.3 Å². The third-order valence-corrected chi connectivity index (χ3v) is 1.87. The van der Waals surface area contributed by atoms with Gasteiger partial charge in [0.15, 0.2) is 0 Å². The summed E-state index contributed by atoms with van der Waals surface area (Å²) in [5.41, 5.74) is 0.399. The van der Waals surface area contributed by atoms with Crippen LogP contribution in [0.3, 0.4) is 0 Å². The first-order valence-corrected chi connectivity index (χ1v) is 3.94. The first-order chi connectivity index (χ1) is 6.68. The Morgan fingerprint density at radius 1 is 1.14 bits per heavy atom. The molecule has 0 fully saturated rings. The van der Waals surface area contributed by atoms with E-state index in [1.807, 2.05) is 0 Å². The number of phenolic OH excluding ortho intramolecular Hbond substituents is 1. The van der Waals surface area contributed by atoms with Gasteiger partial charge in [-0.15, -0.1) is 0 Å². The summed E-state index contributed by atoms with van der Waals surface area (Å²) in [4.78, 5) is 21.9. The number of esters is 2. The summed E-state index contributed by atoms with van der Waals surface area (Å²) < 4.78 is 4.30. The van der Waals surface area contributed by atoms with Gasteiger partial charge in [-0.2, -0.15) is 0 Å². The number of carbonyl (C=O) groups is 2. The molecule has 4 nitrogen and oxygen atoms in total. The van der Waals surface area contributed by atoms with E-state index in [0.29, 0.717) is 5.56 Å². The van der Waals surface area contributed by atoms with E-state index in [2.05, 4.69) is 4.74 Å². The molecule has 1 aliphatic rings. The number of ether oxygens (including phenoxy) is 1. The molecule has 70 valence electrons. The van der Waals surface area contributed by atoms with Crippen LogP contribution in [0.4, 0.5) is 0 Å². The van der Waals surface area contributed by atoms with E-state index < -0.39 is 11.9 Å². The summed E-state index contributed by atoms with van der Waals surface area (Å²) in [6.07, 6.45) is 1.07. The number of carbonyl (C=O) groups excluding carboxylic acids is 2. The Balaban J connectivity index is 2.51. The average molecular weight is 190 g/mol. The molecule has 0 saturated carbocycles. The SMILES string of the molecule is O=C1C=C(c2ccccc2O)C(=O)O1. The summed E-state index contributed by atoms with van der Waals surface area (Å²) >= 11 is 0. The van der Waals surface area contributed by atoms with Crippen LogP contribution >= 0.6 is 0 Å². The quantitative estimate of drug-likeness (QED) is 0.527. The highest BCUT2D eigenvalue weighted by molar-refractivity contribution is 6.28. The fraction of sp³-hybridized carbons (Fsp3) is 0. The molecule has 0 spiro atoms. The summed E-state index contributed by atoms with van der Waals surface area (Å²) in [6, 6.07) is 6.26. The second-order valence-electron chi connectivity index (χ2n) is 2.78. The van der Waals surface area contributed by atoms with Crippen LogP contribution in [-0.4, -0.2) is 17.0 Å². The van der Waals surface area contributed by atoms with Gasteiger partial charge >= 0.3 is 11.9 Å². The van der Waals surface area contributed by atoms with Crippen LogP contribution in [0.25, 0.3) is 5.57 Å². The molecule has 0 atom stereocenters. The maximum absolute atomic E-state index is 11.1. The second kappa shape index (κ2) is 2.99. The average Bonchev–Trinajstić information content (AvgIpc) is 2.46. The zero-order valence-electron chi connectivity index (χ0n) is 7.06. The molecule has 0 unspecified atom stereocenters. The molecule has 2 rings (SSSR count). The number of cyclic esters (lactones) is 2. The van der Waals surface area contributed by atoms with E-state index in [0.717, 1.165) is 6.08 Å². The van der Waals surface area contributed by atoms with Gasteiger partial charge in [0.2, 0.25) is 0 Å². The minimum absolute atomic E-state index is 0.0506. The number of hydrogen-bond acceptors (Lipinski definition) is 4. The van der Waals surface area contributed by atoms with Crippen molar-refractivity contribution >= 4 is 17.5 Å². The summed E-state index contributed by atoms with van der Waals surface area (Å²) in [5, 5.41) is 9.42. The summed E-state index contributed by atoms with van der Waals surface area (Å²) in [6.45, 7) is 0. The predicted octanol–water partition coefficient (Wildman–Crippen LogP) is 0.859. The van der Waals surface area contributed by atoms with Gasteiger partial charge in [-0.05, 0) is 6.07 Å². The fourth-order valence-corrected chi connectivity index (χ4v) is 1.24. The highest BCUT2D eigenvalue weighted by Gasteiger charge is 2.26. The van der Waals surface area contributed by atoms with Crippen LogP contribution in [0.1, 0.15) is 5.56 Å². The lowest BCUT2D eigenvalue weighted by Gasteiger charge is -2.01. The summed E-state index contributed by atoms with van der Waals surface area (Å²) in [5.74, 6) is -1.48. The molecule has 0 saturated heterocycles. The zero-order valence-corrected chi connectivity index (χ0v) is 7.06. The van der Waals surface area contributed by atoms with Crippen LogP contribution < -0.4 is 0 Å².